The first-order valence-electron chi connectivity index (χ1n) is 8.57. The van der Waals surface area contributed by atoms with Crippen LogP contribution in [0.3, 0.4) is 0 Å². The minimum absolute atomic E-state index is 0.0269. The van der Waals surface area contributed by atoms with Gasteiger partial charge in [-0.2, -0.15) is 17.0 Å². The summed E-state index contributed by atoms with van der Waals surface area (Å²) in [6.07, 6.45) is 2.60. The summed E-state index contributed by atoms with van der Waals surface area (Å²) in [5, 5.41) is 13.4. The summed E-state index contributed by atoms with van der Waals surface area (Å²) in [6, 6.07) is 9.81. The summed E-state index contributed by atoms with van der Waals surface area (Å²) in [6.45, 7) is 2.23. The van der Waals surface area contributed by atoms with Crippen LogP contribution < -0.4 is 5.32 Å². The molecule has 1 aromatic rings. The second kappa shape index (κ2) is 7.09. The van der Waals surface area contributed by atoms with Crippen molar-refractivity contribution in [3.63, 3.8) is 0 Å². The van der Waals surface area contributed by atoms with Crippen LogP contribution in [0.1, 0.15) is 24.8 Å². The molecule has 2 aliphatic heterocycles. The number of rotatable bonds is 5. The van der Waals surface area contributed by atoms with Gasteiger partial charge in [0.15, 0.2) is 0 Å². The zero-order valence-corrected chi connectivity index (χ0v) is 15.0. The van der Waals surface area contributed by atoms with Gasteiger partial charge < -0.3 is 10.4 Å². The van der Waals surface area contributed by atoms with Crippen molar-refractivity contribution in [1.29, 1.82) is 0 Å². The summed E-state index contributed by atoms with van der Waals surface area (Å²) < 4.78 is 28.9. The van der Waals surface area contributed by atoms with Gasteiger partial charge in [-0.1, -0.05) is 30.3 Å². The molecule has 0 radical (unpaired) electrons. The molecule has 2 N–H and O–H groups in total. The van der Waals surface area contributed by atoms with Crippen molar-refractivity contribution in [2.75, 3.05) is 33.3 Å². The fourth-order valence-corrected chi connectivity index (χ4v) is 5.43. The number of piperidine rings is 2. The maximum absolute atomic E-state index is 13.0. The van der Waals surface area contributed by atoms with Crippen LogP contribution in [0.2, 0.25) is 0 Å². The Morgan fingerprint density at radius 2 is 2.12 bits per heavy atom. The Bertz CT molecular complexity index is 652. The van der Waals surface area contributed by atoms with E-state index < -0.39 is 10.2 Å². The summed E-state index contributed by atoms with van der Waals surface area (Å²) in [5.41, 5.74) is 0.617. The van der Waals surface area contributed by atoms with Gasteiger partial charge in [-0.3, -0.25) is 0 Å². The predicted molar refractivity (Wildman–Crippen MR) is 93.6 cm³/mol. The molecule has 0 saturated carbocycles. The second-order valence-corrected chi connectivity index (χ2v) is 9.04. The van der Waals surface area contributed by atoms with Gasteiger partial charge in [-0.25, -0.2) is 0 Å². The van der Waals surface area contributed by atoms with E-state index in [0.717, 1.165) is 31.4 Å². The first kappa shape index (κ1) is 17.8. The van der Waals surface area contributed by atoms with Gasteiger partial charge in [0.1, 0.15) is 0 Å². The molecular weight excluding hydrogens is 326 g/mol. The van der Waals surface area contributed by atoms with E-state index in [0.29, 0.717) is 19.6 Å². The highest BCUT2D eigenvalue weighted by molar-refractivity contribution is 7.86. The summed E-state index contributed by atoms with van der Waals surface area (Å²) in [5.74, 6) is 0. The Morgan fingerprint density at radius 1 is 1.38 bits per heavy atom. The smallest absolute Gasteiger partial charge is 0.282 e. The van der Waals surface area contributed by atoms with Gasteiger partial charge in [0.05, 0.1) is 6.61 Å². The van der Waals surface area contributed by atoms with Gasteiger partial charge in [-0.05, 0) is 31.4 Å². The molecular formula is C17H27N3O3S. The first-order valence-corrected chi connectivity index (χ1v) is 9.97. The predicted octanol–water partition coefficient (Wildman–Crippen LogP) is 0.800. The van der Waals surface area contributed by atoms with E-state index in [2.05, 4.69) is 5.32 Å². The van der Waals surface area contributed by atoms with Crippen LogP contribution >= 0.6 is 0 Å². The van der Waals surface area contributed by atoms with Crippen molar-refractivity contribution in [3.8, 4) is 0 Å². The van der Waals surface area contributed by atoms with E-state index in [1.807, 2.05) is 30.3 Å². The van der Waals surface area contributed by atoms with Crippen molar-refractivity contribution in [2.45, 2.75) is 31.8 Å². The lowest BCUT2D eigenvalue weighted by Crippen LogP contribution is -2.63. The van der Waals surface area contributed by atoms with Crippen LogP contribution in [-0.2, 0) is 16.8 Å². The van der Waals surface area contributed by atoms with Gasteiger partial charge in [-0.15, -0.1) is 0 Å². The number of fused-ring (bicyclic) bond motifs is 1. The van der Waals surface area contributed by atoms with Gasteiger partial charge in [0.2, 0.25) is 0 Å². The van der Waals surface area contributed by atoms with Crippen molar-refractivity contribution in [3.05, 3.63) is 35.9 Å². The third-order valence-electron chi connectivity index (χ3n) is 5.42. The Labute approximate surface area is 144 Å². The SMILES string of the molecule is CN(Cc1ccccc1)S(=O)(=O)N1CC[C@@H]2NCCC[C@@]2(CO)C1. The average Bonchev–Trinajstić information content (AvgIpc) is 2.62. The van der Waals surface area contributed by atoms with Crippen LogP contribution in [0.4, 0.5) is 0 Å². The molecule has 2 aliphatic rings. The zero-order chi connectivity index (χ0) is 17.2. The minimum Gasteiger partial charge on any atom is -0.396 e. The zero-order valence-electron chi connectivity index (χ0n) is 14.2. The lowest BCUT2D eigenvalue weighted by atomic mass is 9.71. The summed E-state index contributed by atoms with van der Waals surface area (Å²) in [7, 11) is -1.91. The highest BCUT2D eigenvalue weighted by Crippen LogP contribution is 2.38. The highest BCUT2D eigenvalue weighted by atomic mass is 32.2. The Kier molecular flexibility index (Phi) is 5.27. The molecule has 134 valence electrons. The quantitative estimate of drug-likeness (QED) is 0.821. The van der Waals surface area contributed by atoms with E-state index in [1.54, 1.807) is 11.4 Å². The molecule has 3 rings (SSSR count). The highest BCUT2D eigenvalue weighted by Gasteiger charge is 2.47. The second-order valence-electron chi connectivity index (χ2n) is 7.00. The number of aliphatic hydroxyl groups is 1. The molecule has 0 aliphatic carbocycles. The number of nitrogens with zero attached hydrogens (tertiary/aromatic N) is 2. The molecule has 0 spiro atoms. The first-order chi connectivity index (χ1) is 11.5. The van der Waals surface area contributed by atoms with Crippen LogP contribution in [-0.4, -0.2) is 61.5 Å². The van der Waals surface area contributed by atoms with Crippen molar-refractivity contribution >= 4 is 10.2 Å². The fourth-order valence-electron chi connectivity index (χ4n) is 3.96. The van der Waals surface area contributed by atoms with Gasteiger partial charge in [0, 0.05) is 38.1 Å². The normalized spacial score (nSPS) is 28.7. The summed E-state index contributed by atoms with van der Waals surface area (Å²) >= 11 is 0. The summed E-state index contributed by atoms with van der Waals surface area (Å²) in [4.78, 5) is 0. The molecule has 0 amide bonds. The van der Waals surface area contributed by atoms with Crippen LogP contribution in [0, 0.1) is 5.41 Å². The Hall–Kier alpha value is -0.990. The molecule has 24 heavy (non-hydrogen) atoms. The number of nitrogens with one attached hydrogen (secondary N) is 1. The Balaban J connectivity index is 1.74. The topological polar surface area (TPSA) is 72.9 Å². The molecule has 0 bridgehead atoms. The van der Waals surface area contributed by atoms with E-state index in [-0.39, 0.29) is 18.1 Å². The molecule has 2 heterocycles. The minimum atomic E-state index is -3.53. The average molecular weight is 353 g/mol. The maximum atomic E-state index is 13.0. The van der Waals surface area contributed by atoms with Crippen LogP contribution in [0.15, 0.2) is 30.3 Å². The third-order valence-corrected chi connectivity index (χ3v) is 7.30. The molecule has 6 nitrogen and oxygen atoms in total. The molecule has 7 heteroatoms. The number of hydrogen-bond acceptors (Lipinski definition) is 4. The Morgan fingerprint density at radius 3 is 2.83 bits per heavy atom. The molecule has 2 saturated heterocycles. The van der Waals surface area contributed by atoms with Gasteiger partial charge >= 0.3 is 0 Å². The molecule has 0 aromatic heterocycles. The lowest BCUT2D eigenvalue weighted by molar-refractivity contribution is 0.00405. The lowest BCUT2D eigenvalue weighted by Gasteiger charge is -2.50. The molecule has 2 atom stereocenters. The molecule has 2 fully saturated rings. The molecule has 1 aromatic carbocycles. The van der Waals surface area contributed by atoms with E-state index in [1.165, 1.54) is 4.31 Å². The standard InChI is InChI=1S/C17H27N3O3S/c1-19(12-15-6-3-2-4-7-15)24(22,23)20-11-8-16-17(13-20,14-21)9-5-10-18-16/h2-4,6-7,16,18,21H,5,8-14H2,1H3/t16-,17-/m0/s1. The number of aliphatic hydroxyl groups excluding tert-OH is 1. The largest absolute Gasteiger partial charge is 0.396 e. The fraction of sp³-hybridized carbons (Fsp3) is 0.647. The van der Waals surface area contributed by atoms with Crippen LogP contribution in [0.25, 0.3) is 0 Å². The van der Waals surface area contributed by atoms with E-state index in [4.69, 9.17) is 0 Å². The maximum Gasteiger partial charge on any atom is 0.282 e. The van der Waals surface area contributed by atoms with E-state index in [9.17, 15) is 13.5 Å². The van der Waals surface area contributed by atoms with Crippen molar-refractivity contribution in [2.24, 2.45) is 5.41 Å². The van der Waals surface area contributed by atoms with Crippen LogP contribution in [0.5, 0.6) is 0 Å². The van der Waals surface area contributed by atoms with E-state index >= 15 is 0 Å². The molecule has 0 unspecified atom stereocenters. The number of benzene rings is 1. The van der Waals surface area contributed by atoms with Crippen molar-refractivity contribution < 1.29 is 13.5 Å². The number of hydrogen-bond donors (Lipinski definition) is 2. The third kappa shape index (κ3) is 3.36. The van der Waals surface area contributed by atoms with Gasteiger partial charge in [0.25, 0.3) is 10.2 Å². The monoisotopic (exact) mass is 353 g/mol. The van der Waals surface area contributed by atoms with Crippen molar-refractivity contribution in [1.82, 2.24) is 13.9 Å².